The number of rotatable bonds is 5. The lowest BCUT2D eigenvalue weighted by Gasteiger charge is -2.50. The van der Waals surface area contributed by atoms with Gasteiger partial charge >= 0.3 is 6.03 Å². The molecule has 2 aromatic rings. The molecule has 2 aliphatic heterocycles. The summed E-state index contributed by atoms with van der Waals surface area (Å²) >= 11 is 1.32. The van der Waals surface area contributed by atoms with Gasteiger partial charge in [0.25, 0.3) is 0 Å². The highest BCUT2D eigenvalue weighted by atomic mass is 32.2. The van der Waals surface area contributed by atoms with Crippen molar-refractivity contribution in [3.63, 3.8) is 0 Å². The number of ketones is 1. The topological polar surface area (TPSA) is 81.8 Å². The van der Waals surface area contributed by atoms with E-state index < -0.39 is 29.7 Å². The van der Waals surface area contributed by atoms with Crippen molar-refractivity contribution in [2.24, 2.45) is 5.92 Å². The predicted octanol–water partition coefficient (Wildman–Crippen LogP) is 2.43. The number of hydrogen-bond acceptors (Lipinski definition) is 6. The number of thioether (sulfide) groups is 1. The van der Waals surface area contributed by atoms with Crippen LogP contribution in [-0.2, 0) is 4.79 Å². The van der Waals surface area contributed by atoms with Crippen molar-refractivity contribution in [1.29, 1.82) is 0 Å². The number of amides is 3. The third-order valence-corrected chi connectivity index (χ3v) is 6.85. The molecule has 31 heavy (non-hydrogen) atoms. The van der Waals surface area contributed by atoms with Crippen LogP contribution in [0.15, 0.2) is 54.6 Å². The van der Waals surface area contributed by atoms with Crippen LogP contribution in [0.5, 0.6) is 0 Å². The van der Waals surface area contributed by atoms with Gasteiger partial charge in [0.1, 0.15) is 5.82 Å². The lowest BCUT2D eigenvalue weighted by Crippen LogP contribution is -2.72. The van der Waals surface area contributed by atoms with Gasteiger partial charge in [-0.15, -0.1) is 11.8 Å². The summed E-state index contributed by atoms with van der Waals surface area (Å²) < 4.78 is 13.8. The van der Waals surface area contributed by atoms with Crippen molar-refractivity contribution < 1.29 is 18.8 Å². The molecule has 162 valence electrons. The molecule has 4 atom stereocenters. The SMILES string of the molecule is CN1C(=O)C2C(SCC(=O)c3ccccc3)NC(c3cccc(F)c3)NC2N(C)C1=O. The van der Waals surface area contributed by atoms with E-state index in [0.717, 1.165) is 4.90 Å². The minimum atomic E-state index is -0.605. The Morgan fingerprint density at radius 2 is 1.81 bits per heavy atom. The van der Waals surface area contributed by atoms with Gasteiger partial charge in [-0.3, -0.25) is 25.1 Å². The highest BCUT2D eigenvalue weighted by Crippen LogP contribution is 2.34. The quantitative estimate of drug-likeness (QED) is 0.693. The van der Waals surface area contributed by atoms with E-state index in [1.807, 2.05) is 6.07 Å². The molecular formula is C22H23FN4O3S. The Morgan fingerprint density at radius 3 is 2.52 bits per heavy atom. The molecule has 2 aliphatic rings. The van der Waals surface area contributed by atoms with E-state index in [2.05, 4.69) is 10.6 Å². The predicted molar refractivity (Wildman–Crippen MR) is 116 cm³/mol. The molecule has 0 bridgehead atoms. The number of urea groups is 1. The Hall–Kier alpha value is -2.75. The lowest BCUT2D eigenvalue weighted by molar-refractivity contribution is -0.140. The minimum absolute atomic E-state index is 0.0502. The molecule has 0 radical (unpaired) electrons. The van der Waals surface area contributed by atoms with Crippen molar-refractivity contribution in [3.8, 4) is 0 Å². The maximum atomic E-state index is 13.8. The monoisotopic (exact) mass is 442 g/mol. The smallest absolute Gasteiger partial charge is 0.311 e. The summed E-state index contributed by atoms with van der Waals surface area (Å²) in [6.07, 6.45) is -1.08. The summed E-state index contributed by atoms with van der Waals surface area (Å²) in [6.45, 7) is 0. The minimum Gasteiger partial charge on any atom is -0.311 e. The lowest BCUT2D eigenvalue weighted by atomic mass is 9.96. The molecule has 0 saturated carbocycles. The second kappa shape index (κ2) is 8.78. The third kappa shape index (κ3) is 4.21. The van der Waals surface area contributed by atoms with Crippen molar-refractivity contribution in [2.75, 3.05) is 19.8 Å². The van der Waals surface area contributed by atoms with Crippen LogP contribution in [0.3, 0.4) is 0 Å². The van der Waals surface area contributed by atoms with Gasteiger partial charge in [-0.1, -0.05) is 42.5 Å². The average Bonchev–Trinajstić information content (AvgIpc) is 2.79. The number of nitrogens with one attached hydrogen (secondary N) is 2. The Kier molecular flexibility index (Phi) is 6.08. The zero-order valence-corrected chi connectivity index (χ0v) is 17.9. The summed E-state index contributed by atoms with van der Waals surface area (Å²) in [7, 11) is 3.08. The molecule has 7 nitrogen and oxygen atoms in total. The number of benzene rings is 2. The summed E-state index contributed by atoms with van der Waals surface area (Å²) in [5, 5.41) is 6.14. The van der Waals surface area contributed by atoms with Gasteiger partial charge in [-0.25, -0.2) is 9.18 Å². The molecule has 2 heterocycles. The Balaban J connectivity index is 1.60. The molecule has 2 fully saturated rings. The van der Waals surface area contributed by atoms with Crippen LogP contribution in [0.1, 0.15) is 22.1 Å². The fourth-order valence-electron chi connectivity index (χ4n) is 3.95. The van der Waals surface area contributed by atoms with Gasteiger partial charge in [0.2, 0.25) is 5.91 Å². The van der Waals surface area contributed by atoms with Crippen molar-refractivity contribution in [3.05, 3.63) is 71.5 Å². The van der Waals surface area contributed by atoms with Crippen LogP contribution >= 0.6 is 11.8 Å². The second-order valence-corrected chi connectivity index (χ2v) is 8.73. The van der Waals surface area contributed by atoms with E-state index in [9.17, 15) is 18.8 Å². The normalized spacial score (nSPS) is 26.0. The van der Waals surface area contributed by atoms with Crippen LogP contribution < -0.4 is 10.6 Å². The second-order valence-electron chi connectivity index (χ2n) is 7.60. The summed E-state index contributed by atoms with van der Waals surface area (Å²) in [4.78, 5) is 40.7. The number of carbonyl (C=O) groups is 3. The molecule has 2 N–H and O–H groups in total. The maximum absolute atomic E-state index is 13.8. The first kappa shape index (κ1) is 21.5. The zero-order valence-electron chi connectivity index (χ0n) is 17.1. The molecule has 4 unspecified atom stereocenters. The van der Waals surface area contributed by atoms with Crippen molar-refractivity contribution in [2.45, 2.75) is 17.7 Å². The Bertz CT molecular complexity index is 1010. The van der Waals surface area contributed by atoms with E-state index in [4.69, 9.17) is 0 Å². The van der Waals surface area contributed by atoms with Crippen LogP contribution in [0.25, 0.3) is 0 Å². The summed E-state index contributed by atoms with van der Waals surface area (Å²) in [5.74, 6) is -1.20. The van der Waals surface area contributed by atoms with E-state index in [1.54, 1.807) is 43.4 Å². The van der Waals surface area contributed by atoms with Crippen molar-refractivity contribution >= 4 is 29.5 Å². The van der Waals surface area contributed by atoms with Crippen molar-refractivity contribution in [1.82, 2.24) is 20.4 Å². The van der Waals surface area contributed by atoms with Gasteiger partial charge in [0.15, 0.2) is 5.78 Å². The molecular weight excluding hydrogens is 419 g/mol. The molecule has 0 aliphatic carbocycles. The standard InChI is InChI=1S/C22H23FN4O3S/c1-26-19-17(21(29)27(2)22(26)30)20(31-12-16(28)13-7-4-3-5-8-13)25-18(24-19)14-9-6-10-15(23)11-14/h3-11,17-20,24-25H,12H2,1-2H3. The fourth-order valence-corrected chi connectivity index (χ4v) is 5.15. The number of carbonyl (C=O) groups excluding carboxylic acids is 3. The maximum Gasteiger partial charge on any atom is 0.327 e. The Labute approximate surface area is 184 Å². The Morgan fingerprint density at radius 1 is 1.06 bits per heavy atom. The van der Waals surface area contributed by atoms with E-state index in [-0.39, 0.29) is 23.3 Å². The van der Waals surface area contributed by atoms with Crippen LogP contribution in [0.2, 0.25) is 0 Å². The largest absolute Gasteiger partial charge is 0.327 e. The zero-order chi connectivity index (χ0) is 22.1. The highest BCUT2D eigenvalue weighted by molar-refractivity contribution is 8.00. The van der Waals surface area contributed by atoms with E-state index in [0.29, 0.717) is 11.1 Å². The van der Waals surface area contributed by atoms with Crippen LogP contribution in [-0.4, -0.2) is 58.9 Å². The third-order valence-electron chi connectivity index (χ3n) is 5.63. The number of halogens is 1. The average molecular weight is 443 g/mol. The molecule has 2 saturated heterocycles. The van der Waals surface area contributed by atoms with Gasteiger partial charge in [0.05, 0.1) is 29.4 Å². The molecule has 3 amide bonds. The first-order valence-electron chi connectivity index (χ1n) is 9.88. The summed E-state index contributed by atoms with van der Waals surface area (Å²) in [6, 6.07) is 14.7. The van der Waals surface area contributed by atoms with Gasteiger partial charge in [-0.2, -0.15) is 0 Å². The van der Waals surface area contributed by atoms with Gasteiger partial charge in [-0.05, 0) is 17.7 Å². The number of fused-ring (bicyclic) bond motifs is 1. The number of imide groups is 1. The molecule has 4 rings (SSSR count). The van der Waals surface area contributed by atoms with Crippen LogP contribution in [0, 0.1) is 11.7 Å². The van der Waals surface area contributed by atoms with E-state index >= 15 is 0 Å². The van der Waals surface area contributed by atoms with Gasteiger partial charge < -0.3 is 4.90 Å². The first-order chi connectivity index (χ1) is 14.9. The molecule has 9 heteroatoms. The first-order valence-corrected chi connectivity index (χ1v) is 10.9. The number of nitrogens with zero attached hydrogens (tertiary/aromatic N) is 2. The fraction of sp³-hybridized carbons (Fsp3) is 0.318. The molecule has 0 spiro atoms. The summed E-state index contributed by atoms with van der Waals surface area (Å²) in [5.41, 5.74) is 1.24. The molecule has 0 aromatic heterocycles. The van der Waals surface area contributed by atoms with Gasteiger partial charge in [0, 0.05) is 19.7 Å². The van der Waals surface area contributed by atoms with Crippen LogP contribution in [0.4, 0.5) is 9.18 Å². The number of hydrogen-bond donors (Lipinski definition) is 2. The van der Waals surface area contributed by atoms with E-state index in [1.165, 1.54) is 35.8 Å². The number of Topliss-reactive ketones (excluding diaryl/α,β-unsaturated/α-hetero) is 1. The highest BCUT2D eigenvalue weighted by Gasteiger charge is 2.51. The molecule has 2 aromatic carbocycles.